The third kappa shape index (κ3) is 6.28. The number of unbranched alkanes of at least 4 members (excludes halogenated alkanes) is 1. The number of carbonyl (C=O) groups excluding carboxylic acids is 1. The van der Waals surface area contributed by atoms with E-state index >= 15 is 0 Å². The summed E-state index contributed by atoms with van der Waals surface area (Å²) in [6.45, 7) is 3.92. The smallest absolute Gasteiger partial charge is 0.308 e. The van der Waals surface area contributed by atoms with Crippen molar-refractivity contribution in [2.75, 3.05) is 39.6 Å². The maximum absolute atomic E-state index is 13.4. The van der Waals surface area contributed by atoms with Crippen molar-refractivity contribution < 1.29 is 34.4 Å². The minimum absolute atomic E-state index is 0.00653. The number of aliphatic hydroxyl groups excluding tert-OH is 2. The van der Waals surface area contributed by atoms with E-state index in [1.54, 1.807) is 27.9 Å². The summed E-state index contributed by atoms with van der Waals surface area (Å²) in [6.07, 6.45) is 6.33. The van der Waals surface area contributed by atoms with Gasteiger partial charge in [-0.2, -0.15) is 5.10 Å². The lowest BCUT2D eigenvalue weighted by atomic mass is 9.83. The fourth-order valence-electron chi connectivity index (χ4n) is 5.57. The molecule has 3 heterocycles. The van der Waals surface area contributed by atoms with E-state index in [-0.39, 0.29) is 32.5 Å². The van der Waals surface area contributed by atoms with Crippen molar-refractivity contribution in [3.63, 3.8) is 0 Å². The van der Waals surface area contributed by atoms with Gasteiger partial charge in [-0.05, 0) is 43.0 Å². The van der Waals surface area contributed by atoms with E-state index in [1.165, 1.54) is 0 Å². The lowest BCUT2D eigenvalue weighted by molar-refractivity contribution is -0.144. The Morgan fingerprint density at radius 3 is 2.68 bits per heavy atom. The van der Waals surface area contributed by atoms with Crippen LogP contribution in [0.15, 0.2) is 30.6 Å². The summed E-state index contributed by atoms with van der Waals surface area (Å²) in [4.78, 5) is 29.9. The van der Waals surface area contributed by atoms with E-state index in [0.29, 0.717) is 56.1 Å². The Kier molecular flexibility index (Phi) is 9.59. The van der Waals surface area contributed by atoms with Gasteiger partial charge in [0.05, 0.1) is 19.1 Å². The van der Waals surface area contributed by atoms with Crippen molar-refractivity contribution in [2.24, 2.45) is 5.92 Å². The number of carboxylic acids is 1. The Balaban J connectivity index is 1.62. The molecule has 1 amide bonds. The molecular weight excluding hydrogens is 492 g/mol. The molecule has 0 aliphatic carbocycles. The molecule has 208 valence electrons. The number of hydrogen-bond acceptors (Lipinski definition) is 8. The van der Waals surface area contributed by atoms with Crippen LogP contribution in [0, 0.1) is 5.92 Å². The second-order valence-corrected chi connectivity index (χ2v) is 9.91. The Morgan fingerprint density at radius 1 is 1.18 bits per heavy atom. The first-order valence-electron chi connectivity index (χ1n) is 13.3. The highest BCUT2D eigenvalue weighted by molar-refractivity contribution is 5.79. The van der Waals surface area contributed by atoms with Gasteiger partial charge in [-0.15, -0.1) is 0 Å². The number of rotatable bonds is 14. The maximum Gasteiger partial charge on any atom is 0.308 e. The number of carbonyl (C=O) groups is 2. The normalized spacial score (nSPS) is 20.7. The highest BCUT2D eigenvalue weighted by atomic mass is 16.7. The monoisotopic (exact) mass is 530 g/mol. The van der Waals surface area contributed by atoms with Crippen molar-refractivity contribution in [1.82, 2.24) is 19.6 Å². The Morgan fingerprint density at radius 2 is 2.00 bits per heavy atom. The van der Waals surface area contributed by atoms with Crippen LogP contribution in [0.25, 0.3) is 0 Å². The molecule has 0 saturated carbocycles. The fraction of sp³-hybridized carbons (Fsp3) is 0.593. The number of hydrogen-bond donors (Lipinski definition) is 3. The summed E-state index contributed by atoms with van der Waals surface area (Å²) in [6, 6.07) is 5.01. The van der Waals surface area contributed by atoms with Crippen LogP contribution in [0.2, 0.25) is 0 Å². The maximum atomic E-state index is 13.4. The largest absolute Gasteiger partial charge is 0.481 e. The molecule has 11 nitrogen and oxygen atoms in total. The number of aromatic nitrogens is 2. The molecule has 3 N–H and O–H groups in total. The van der Waals surface area contributed by atoms with E-state index in [2.05, 4.69) is 12.0 Å². The number of aryl methyl sites for hydroxylation is 1. The lowest BCUT2D eigenvalue weighted by Gasteiger charge is -2.29. The van der Waals surface area contributed by atoms with Crippen LogP contribution in [0.5, 0.6) is 11.5 Å². The van der Waals surface area contributed by atoms with Crippen LogP contribution in [-0.2, 0) is 22.7 Å². The predicted octanol–water partition coefficient (Wildman–Crippen LogP) is 1.67. The van der Waals surface area contributed by atoms with Crippen molar-refractivity contribution in [3.05, 3.63) is 41.7 Å². The predicted molar refractivity (Wildman–Crippen MR) is 138 cm³/mol. The van der Waals surface area contributed by atoms with Gasteiger partial charge >= 0.3 is 5.97 Å². The second kappa shape index (κ2) is 13.1. The molecule has 0 spiro atoms. The van der Waals surface area contributed by atoms with Gasteiger partial charge < -0.3 is 29.7 Å². The summed E-state index contributed by atoms with van der Waals surface area (Å²) in [5.74, 6) is -1.20. The molecule has 2 aromatic rings. The minimum Gasteiger partial charge on any atom is -0.481 e. The lowest BCUT2D eigenvalue weighted by Crippen LogP contribution is -2.45. The molecule has 1 aromatic heterocycles. The van der Waals surface area contributed by atoms with Gasteiger partial charge in [-0.25, -0.2) is 0 Å². The third-order valence-electron chi connectivity index (χ3n) is 7.48. The number of amides is 1. The first kappa shape index (κ1) is 27.9. The number of aliphatic carboxylic acids is 1. The van der Waals surface area contributed by atoms with Gasteiger partial charge in [0.2, 0.25) is 12.7 Å². The molecule has 2 aliphatic heterocycles. The molecule has 1 aromatic carbocycles. The summed E-state index contributed by atoms with van der Waals surface area (Å²) < 4.78 is 12.8. The van der Waals surface area contributed by atoms with Crippen LogP contribution in [0.1, 0.15) is 49.7 Å². The number of ether oxygens (including phenoxy) is 2. The van der Waals surface area contributed by atoms with Gasteiger partial charge in [-0.1, -0.05) is 13.3 Å². The summed E-state index contributed by atoms with van der Waals surface area (Å²) in [5, 5.41) is 33.9. The van der Waals surface area contributed by atoms with E-state index in [1.807, 2.05) is 17.2 Å². The zero-order valence-electron chi connectivity index (χ0n) is 21.9. The van der Waals surface area contributed by atoms with Gasteiger partial charge in [0.25, 0.3) is 0 Å². The van der Waals surface area contributed by atoms with Gasteiger partial charge in [0, 0.05) is 62.7 Å². The van der Waals surface area contributed by atoms with Crippen molar-refractivity contribution in [1.29, 1.82) is 0 Å². The van der Waals surface area contributed by atoms with Gasteiger partial charge in [0.1, 0.15) is 0 Å². The molecule has 0 unspecified atom stereocenters. The summed E-state index contributed by atoms with van der Waals surface area (Å²) in [5.41, 5.74) is 1.30. The molecule has 4 rings (SSSR count). The van der Waals surface area contributed by atoms with Crippen LogP contribution in [0.4, 0.5) is 0 Å². The van der Waals surface area contributed by atoms with E-state index < -0.39 is 23.8 Å². The summed E-state index contributed by atoms with van der Waals surface area (Å²) in [7, 11) is 0. The number of carboxylic acid groups (broad SMARTS) is 1. The van der Waals surface area contributed by atoms with E-state index in [9.17, 15) is 24.9 Å². The molecule has 1 saturated heterocycles. The highest BCUT2D eigenvalue weighted by Gasteiger charge is 2.47. The van der Waals surface area contributed by atoms with Crippen molar-refractivity contribution >= 4 is 11.9 Å². The minimum atomic E-state index is -0.929. The average Bonchev–Trinajstić information content (AvgIpc) is 3.67. The SMILES string of the molecule is CCCCN(CCCO)C(=O)CN1C[C@H](c2cc(CO)c3c(c2)OCO3)[C@@H](C(=O)O)[C@@H]1CCn1cccn1. The number of benzene rings is 1. The number of aliphatic hydroxyl groups is 2. The van der Waals surface area contributed by atoms with Crippen LogP contribution in [0.3, 0.4) is 0 Å². The topological polar surface area (TPSA) is 138 Å². The van der Waals surface area contributed by atoms with Gasteiger partial charge in [0.15, 0.2) is 11.5 Å². The number of likely N-dealkylation sites (tertiary alicyclic amines) is 1. The van der Waals surface area contributed by atoms with Crippen molar-refractivity contribution in [2.45, 2.75) is 57.7 Å². The molecule has 11 heteroatoms. The molecular formula is C27H38N4O7. The first-order valence-corrected chi connectivity index (χ1v) is 13.3. The summed E-state index contributed by atoms with van der Waals surface area (Å²) >= 11 is 0. The molecule has 2 aliphatic rings. The van der Waals surface area contributed by atoms with Crippen LogP contribution in [-0.4, -0.2) is 92.4 Å². The van der Waals surface area contributed by atoms with Crippen LogP contribution < -0.4 is 9.47 Å². The molecule has 1 fully saturated rings. The Bertz CT molecular complexity index is 1070. The second-order valence-electron chi connectivity index (χ2n) is 9.91. The molecule has 0 radical (unpaired) electrons. The average molecular weight is 531 g/mol. The Hall–Kier alpha value is -3.15. The Labute approximate surface area is 222 Å². The number of nitrogens with zero attached hydrogens (tertiary/aromatic N) is 4. The molecule has 38 heavy (non-hydrogen) atoms. The standard InChI is InChI=1S/C27H38N4O7/c1-2-3-8-29(9-5-12-32)24(34)16-30-15-21(19-13-20(17-33)26-23(14-19)37-18-38-26)25(27(35)36)22(30)6-11-31-10-4-7-28-31/h4,7,10,13-14,21-22,25,32-33H,2-3,5-6,8-9,11-12,15-18H2,1H3,(H,35,36)/t21-,22+,25-/m1/s1. The third-order valence-corrected chi connectivity index (χ3v) is 7.48. The quantitative estimate of drug-likeness (QED) is 0.333. The molecule has 0 bridgehead atoms. The highest BCUT2D eigenvalue weighted by Crippen LogP contribution is 2.44. The zero-order valence-corrected chi connectivity index (χ0v) is 21.9. The first-order chi connectivity index (χ1) is 18.5. The number of fused-ring (bicyclic) bond motifs is 1. The molecule has 3 atom stereocenters. The fourth-order valence-corrected chi connectivity index (χ4v) is 5.57. The van der Waals surface area contributed by atoms with Crippen molar-refractivity contribution in [3.8, 4) is 11.5 Å². The van der Waals surface area contributed by atoms with E-state index in [4.69, 9.17) is 9.47 Å². The van der Waals surface area contributed by atoms with Gasteiger partial charge in [-0.3, -0.25) is 19.2 Å². The van der Waals surface area contributed by atoms with E-state index in [0.717, 1.165) is 18.4 Å². The zero-order chi connectivity index (χ0) is 27.1. The van der Waals surface area contributed by atoms with Crippen LogP contribution >= 0.6 is 0 Å².